The molecule has 108 valence electrons. The summed E-state index contributed by atoms with van der Waals surface area (Å²) in [5.41, 5.74) is 2.88. The first kappa shape index (κ1) is 14.9. The molecule has 0 aromatic heterocycles. The molecule has 0 fully saturated rings. The molecule has 0 bridgehead atoms. The Morgan fingerprint density at radius 2 is 1.95 bits per heavy atom. The summed E-state index contributed by atoms with van der Waals surface area (Å²) in [6, 6.07) is 14.7. The smallest absolute Gasteiger partial charge is 0.165 e. The lowest BCUT2D eigenvalue weighted by Gasteiger charge is -2.17. The van der Waals surface area contributed by atoms with E-state index in [4.69, 9.17) is 10.00 Å². The first-order valence-electron chi connectivity index (χ1n) is 6.70. The Morgan fingerprint density at radius 3 is 2.57 bits per heavy atom. The van der Waals surface area contributed by atoms with Crippen molar-refractivity contribution in [3.05, 3.63) is 59.4 Å². The van der Waals surface area contributed by atoms with Crippen molar-refractivity contribution >= 4 is 5.69 Å². The van der Waals surface area contributed by atoms with Crippen LogP contribution >= 0.6 is 0 Å². The van der Waals surface area contributed by atoms with Crippen LogP contribution < -0.4 is 10.1 Å². The van der Waals surface area contributed by atoms with E-state index in [2.05, 4.69) is 11.4 Å². The maximum Gasteiger partial charge on any atom is 0.165 e. The maximum absolute atomic E-state index is 13.4. The predicted octanol–water partition coefficient (Wildman–Crippen LogP) is 4.07. The molecular formula is C17H17FN2O. The van der Waals surface area contributed by atoms with Crippen molar-refractivity contribution in [2.24, 2.45) is 0 Å². The van der Waals surface area contributed by atoms with Gasteiger partial charge in [0.05, 0.1) is 19.6 Å². The van der Waals surface area contributed by atoms with E-state index in [-0.39, 0.29) is 17.6 Å². The minimum Gasteiger partial charge on any atom is -0.494 e. The third-order valence-electron chi connectivity index (χ3n) is 3.30. The zero-order valence-corrected chi connectivity index (χ0v) is 12.1. The van der Waals surface area contributed by atoms with Gasteiger partial charge in [-0.3, -0.25) is 0 Å². The van der Waals surface area contributed by atoms with Crippen molar-refractivity contribution in [1.82, 2.24) is 0 Å². The topological polar surface area (TPSA) is 45.0 Å². The second kappa shape index (κ2) is 6.76. The van der Waals surface area contributed by atoms with Gasteiger partial charge in [0.15, 0.2) is 11.6 Å². The molecule has 2 aromatic carbocycles. The minimum absolute atomic E-state index is 0.0151. The molecule has 21 heavy (non-hydrogen) atoms. The third-order valence-corrected chi connectivity index (χ3v) is 3.30. The first-order chi connectivity index (χ1) is 10.1. The Kier molecular flexibility index (Phi) is 4.78. The van der Waals surface area contributed by atoms with Gasteiger partial charge in [-0.15, -0.1) is 0 Å². The zero-order chi connectivity index (χ0) is 15.2. The van der Waals surface area contributed by atoms with Gasteiger partial charge in [0.2, 0.25) is 0 Å². The highest BCUT2D eigenvalue weighted by Gasteiger charge is 2.09. The number of ether oxygens (including phenoxy) is 1. The molecule has 0 heterocycles. The van der Waals surface area contributed by atoms with Gasteiger partial charge in [-0.05, 0) is 42.3 Å². The van der Waals surface area contributed by atoms with E-state index in [1.54, 1.807) is 12.1 Å². The molecule has 0 aliphatic rings. The second-order valence-electron chi connectivity index (χ2n) is 4.79. The lowest BCUT2D eigenvalue weighted by Crippen LogP contribution is -2.07. The van der Waals surface area contributed by atoms with Crippen molar-refractivity contribution in [3.63, 3.8) is 0 Å². The normalized spacial score (nSPS) is 11.5. The number of halogens is 1. The van der Waals surface area contributed by atoms with Crippen LogP contribution in [0.5, 0.6) is 5.75 Å². The van der Waals surface area contributed by atoms with Crippen LogP contribution in [0.4, 0.5) is 10.1 Å². The van der Waals surface area contributed by atoms with Crippen LogP contribution in [0, 0.1) is 17.1 Å². The number of benzene rings is 2. The van der Waals surface area contributed by atoms with Gasteiger partial charge < -0.3 is 10.1 Å². The number of nitrogens with one attached hydrogen (secondary N) is 1. The van der Waals surface area contributed by atoms with Gasteiger partial charge in [0.25, 0.3) is 0 Å². The van der Waals surface area contributed by atoms with Crippen molar-refractivity contribution in [2.45, 2.75) is 19.4 Å². The molecule has 4 heteroatoms. The molecule has 3 nitrogen and oxygen atoms in total. The zero-order valence-electron chi connectivity index (χ0n) is 12.1. The Bertz CT molecular complexity index is 647. The van der Waals surface area contributed by atoms with Crippen LogP contribution in [0.2, 0.25) is 0 Å². The molecule has 0 saturated heterocycles. The van der Waals surface area contributed by atoms with E-state index in [0.29, 0.717) is 6.42 Å². The molecule has 2 rings (SSSR count). The van der Waals surface area contributed by atoms with E-state index < -0.39 is 0 Å². The largest absolute Gasteiger partial charge is 0.494 e. The van der Waals surface area contributed by atoms with Crippen molar-refractivity contribution in [1.29, 1.82) is 5.26 Å². The highest BCUT2D eigenvalue weighted by atomic mass is 19.1. The Labute approximate surface area is 124 Å². The van der Waals surface area contributed by atoms with Gasteiger partial charge >= 0.3 is 0 Å². The summed E-state index contributed by atoms with van der Waals surface area (Å²) in [5, 5.41) is 12.0. The van der Waals surface area contributed by atoms with Crippen molar-refractivity contribution in [3.8, 4) is 11.8 Å². The number of anilines is 1. The Balaban J connectivity index is 2.10. The first-order valence-corrected chi connectivity index (χ1v) is 6.70. The summed E-state index contributed by atoms with van der Waals surface area (Å²) in [6.07, 6.45) is 0.408. The van der Waals surface area contributed by atoms with Crippen LogP contribution in [0.15, 0.2) is 42.5 Å². The van der Waals surface area contributed by atoms with Crippen molar-refractivity contribution < 1.29 is 9.13 Å². The maximum atomic E-state index is 13.4. The molecule has 2 aromatic rings. The van der Waals surface area contributed by atoms with Crippen LogP contribution in [-0.2, 0) is 6.42 Å². The predicted molar refractivity (Wildman–Crippen MR) is 80.7 cm³/mol. The average Bonchev–Trinajstić information content (AvgIpc) is 2.50. The van der Waals surface area contributed by atoms with E-state index in [0.717, 1.165) is 16.8 Å². The number of hydrogen-bond acceptors (Lipinski definition) is 3. The highest BCUT2D eigenvalue weighted by Crippen LogP contribution is 2.25. The summed E-state index contributed by atoms with van der Waals surface area (Å²) >= 11 is 0. The molecule has 0 radical (unpaired) electrons. The average molecular weight is 284 g/mol. The second-order valence-corrected chi connectivity index (χ2v) is 4.79. The molecule has 1 unspecified atom stereocenters. The van der Waals surface area contributed by atoms with E-state index in [9.17, 15) is 4.39 Å². The SMILES string of the molecule is COc1cc(C(C)Nc2ccc(CC#N)cc2)ccc1F. The van der Waals surface area contributed by atoms with Gasteiger partial charge in [-0.25, -0.2) is 4.39 Å². The molecule has 1 atom stereocenters. The number of nitrogens with zero attached hydrogens (tertiary/aromatic N) is 1. The van der Waals surface area contributed by atoms with Crippen molar-refractivity contribution in [2.75, 3.05) is 12.4 Å². The summed E-state index contributed by atoms with van der Waals surface area (Å²) in [5.74, 6) is -0.125. The van der Waals surface area contributed by atoms with E-state index in [1.807, 2.05) is 31.2 Å². The summed E-state index contributed by atoms with van der Waals surface area (Å²) < 4.78 is 18.4. The standard InChI is InChI=1S/C17H17FN2O/c1-12(14-5-8-16(18)17(11-14)21-2)20-15-6-3-13(4-7-15)9-10-19/h3-8,11-12,20H,9H2,1-2H3. The molecular weight excluding hydrogens is 267 g/mol. The fourth-order valence-electron chi connectivity index (χ4n) is 2.09. The summed E-state index contributed by atoms with van der Waals surface area (Å²) in [4.78, 5) is 0. The number of methoxy groups -OCH3 is 1. The lowest BCUT2D eigenvalue weighted by molar-refractivity contribution is 0.385. The minimum atomic E-state index is -0.366. The van der Waals surface area contributed by atoms with Crippen LogP contribution in [0.3, 0.4) is 0 Å². The summed E-state index contributed by atoms with van der Waals surface area (Å²) in [7, 11) is 1.45. The third kappa shape index (κ3) is 3.73. The Hall–Kier alpha value is -2.54. The highest BCUT2D eigenvalue weighted by molar-refractivity contribution is 5.47. The lowest BCUT2D eigenvalue weighted by atomic mass is 10.1. The van der Waals surface area contributed by atoms with Gasteiger partial charge in [0, 0.05) is 11.7 Å². The number of nitriles is 1. The van der Waals surface area contributed by atoms with Crippen LogP contribution in [0.25, 0.3) is 0 Å². The van der Waals surface area contributed by atoms with E-state index in [1.165, 1.54) is 13.2 Å². The molecule has 0 aliphatic carbocycles. The molecule has 1 N–H and O–H groups in total. The van der Waals surface area contributed by atoms with Gasteiger partial charge in [0.1, 0.15) is 0 Å². The van der Waals surface area contributed by atoms with E-state index >= 15 is 0 Å². The van der Waals surface area contributed by atoms with Crippen LogP contribution in [0.1, 0.15) is 24.1 Å². The van der Waals surface area contributed by atoms with Gasteiger partial charge in [-0.1, -0.05) is 18.2 Å². The fourth-order valence-corrected chi connectivity index (χ4v) is 2.09. The quantitative estimate of drug-likeness (QED) is 0.900. The molecule has 0 saturated carbocycles. The molecule has 0 aliphatic heterocycles. The van der Waals surface area contributed by atoms with Crippen LogP contribution in [-0.4, -0.2) is 7.11 Å². The number of rotatable bonds is 5. The van der Waals surface area contributed by atoms with Gasteiger partial charge in [-0.2, -0.15) is 5.26 Å². The summed E-state index contributed by atoms with van der Waals surface area (Å²) in [6.45, 7) is 2.00. The number of hydrogen-bond donors (Lipinski definition) is 1. The Morgan fingerprint density at radius 1 is 1.24 bits per heavy atom. The monoisotopic (exact) mass is 284 g/mol. The molecule has 0 spiro atoms. The fraction of sp³-hybridized carbons (Fsp3) is 0.235. The molecule has 0 amide bonds.